The van der Waals surface area contributed by atoms with Crippen LogP contribution in [0.3, 0.4) is 0 Å². The third-order valence-electron chi connectivity index (χ3n) is 1.69. The van der Waals surface area contributed by atoms with Crippen LogP contribution in [0.1, 0.15) is 12.2 Å². The topological polar surface area (TPSA) is 100 Å². The summed E-state index contributed by atoms with van der Waals surface area (Å²) in [5.41, 5.74) is 4.34. The van der Waals surface area contributed by atoms with Crippen LogP contribution in [0, 0.1) is 11.3 Å². The number of rotatable bonds is 4. The van der Waals surface area contributed by atoms with Gasteiger partial charge in [0, 0.05) is 6.54 Å². The largest absolute Gasteiger partial charge is 0.467 e. The summed E-state index contributed by atoms with van der Waals surface area (Å²) in [6.07, 6.45) is 1.84. The van der Waals surface area contributed by atoms with Crippen LogP contribution in [0.25, 0.3) is 0 Å². The van der Waals surface area contributed by atoms with Crippen LogP contribution in [0.4, 0.5) is 9.59 Å². The van der Waals surface area contributed by atoms with Crippen LogP contribution in [0.15, 0.2) is 22.8 Å². The third kappa shape index (κ3) is 8.55. The highest BCUT2D eigenvalue weighted by molar-refractivity contribution is 7.96. The molecule has 0 saturated carbocycles. The predicted molar refractivity (Wildman–Crippen MR) is 72.3 cm³/mol. The molecule has 1 heterocycles. The van der Waals surface area contributed by atoms with Crippen molar-refractivity contribution in [2.24, 2.45) is 5.73 Å². The molecule has 6 nitrogen and oxygen atoms in total. The van der Waals surface area contributed by atoms with Gasteiger partial charge in [-0.15, -0.1) is 0 Å². The monoisotopic (exact) mass is 287 g/mol. The average Bonchev–Trinajstić information content (AvgIpc) is 2.75. The molecule has 0 unspecified atom stereocenters. The molecule has 0 aliphatic carbocycles. The Kier molecular flexibility index (Phi) is 8.61. The summed E-state index contributed by atoms with van der Waals surface area (Å²) in [6, 6.07) is 5.50. The zero-order valence-corrected chi connectivity index (χ0v) is 11.2. The SMILES string of the molecule is N#CCCN(Cc1ccco1)C(=O)S.NC(=O)S. The maximum atomic E-state index is 11.0. The number of furan rings is 1. The number of nitrogens with zero attached hydrogens (tertiary/aromatic N) is 2. The molecule has 98 valence electrons. The summed E-state index contributed by atoms with van der Waals surface area (Å²) in [5.74, 6) is 0.685. The van der Waals surface area contributed by atoms with E-state index in [2.05, 4.69) is 31.0 Å². The number of carbonyl (C=O) groups is 2. The molecule has 0 atom stereocenters. The Labute approximate surface area is 116 Å². The van der Waals surface area contributed by atoms with Gasteiger partial charge in [0.05, 0.1) is 25.3 Å². The van der Waals surface area contributed by atoms with Crippen molar-refractivity contribution in [2.45, 2.75) is 13.0 Å². The fraction of sp³-hybridized carbons (Fsp3) is 0.300. The summed E-state index contributed by atoms with van der Waals surface area (Å²) in [4.78, 5) is 21.6. The normalized spacial score (nSPS) is 8.72. The minimum atomic E-state index is -0.639. The molecule has 0 aliphatic rings. The Morgan fingerprint density at radius 2 is 2.11 bits per heavy atom. The Bertz CT molecular complexity index is 411. The summed E-state index contributed by atoms with van der Waals surface area (Å²) in [5, 5.41) is 7.40. The predicted octanol–water partition coefficient (Wildman–Crippen LogP) is 2.04. The Morgan fingerprint density at radius 1 is 1.50 bits per heavy atom. The van der Waals surface area contributed by atoms with E-state index >= 15 is 0 Å². The molecule has 1 rings (SSSR count). The van der Waals surface area contributed by atoms with Gasteiger partial charge in [0.25, 0.3) is 10.5 Å². The first-order valence-electron chi connectivity index (χ1n) is 4.83. The fourth-order valence-corrected chi connectivity index (χ4v) is 1.19. The Hall–Kier alpha value is -1.59. The molecule has 8 heteroatoms. The highest BCUT2D eigenvalue weighted by Crippen LogP contribution is 2.08. The van der Waals surface area contributed by atoms with Crippen LogP contribution < -0.4 is 5.73 Å². The molecule has 0 saturated heterocycles. The zero-order valence-electron chi connectivity index (χ0n) is 9.44. The second kappa shape index (κ2) is 9.44. The molecule has 0 bridgehead atoms. The summed E-state index contributed by atoms with van der Waals surface area (Å²) in [7, 11) is 0. The van der Waals surface area contributed by atoms with E-state index in [1.54, 1.807) is 18.4 Å². The molecule has 0 fully saturated rings. The average molecular weight is 287 g/mol. The smallest absolute Gasteiger partial charge is 0.278 e. The van der Waals surface area contributed by atoms with Gasteiger partial charge in [0.2, 0.25) is 0 Å². The molecule has 2 N–H and O–H groups in total. The van der Waals surface area contributed by atoms with Gasteiger partial charge in [-0.05, 0) is 12.1 Å². The molecular formula is C10H13N3O3S2. The van der Waals surface area contributed by atoms with Gasteiger partial charge in [-0.1, -0.05) is 25.3 Å². The van der Waals surface area contributed by atoms with Gasteiger partial charge in [0.1, 0.15) is 5.76 Å². The van der Waals surface area contributed by atoms with E-state index < -0.39 is 5.24 Å². The maximum absolute atomic E-state index is 11.0. The molecule has 18 heavy (non-hydrogen) atoms. The van der Waals surface area contributed by atoms with Crippen molar-refractivity contribution >= 4 is 35.7 Å². The van der Waals surface area contributed by atoms with Gasteiger partial charge >= 0.3 is 0 Å². The van der Waals surface area contributed by atoms with Crippen LogP contribution in [0.2, 0.25) is 0 Å². The van der Waals surface area contributed by atoms with Gasteiger partial charge in [-0.25, -0.2) is 0 Å². The summed E-state index contributed by atoms with van der Waals surface area (Å²) in [6.45, 7) is 0.733. The van der Waals surface area contributed by atoms with E-state index in [0.29, 0.717) is 25.3 Å². The second-order valence-corrected chi connectivity index (χ2v) is 3.85. The number of nitrogens with two attached hydrogens (primary N) is 1. The minimum Gasteiger partial charge on any atom is -0.467 e. The van der Waals surface area contributed by atoms with Crippen molar-refractivity contribution in [3.8, 4) is 6.07 Å². The summed E-state index contributed by atoms with van der Waals surface area (Å²) < 4.78 is 5.08. The van der Waals surface area contributed by atoms with Gasteiger partial charge in [0.15, 0.2) is 0 Å². The molecule has 0 spiro atoms. The van der Waals surface area contributed by atoms with Crippen molar-refractivity contribution in [2.75, 3.05) is 6.54 Å². The van der Waals surface area contributed by atoms with E-state index in [4.69, 9.17) is 14.5 Å². The highest BCUT2D eigenvalue weighted by atomic mass is 32.1. The maximum Gasteiger partial charge on any atom is 0.278 e. The Balaban J connectivity index is 0.000000631. The number of nitriles is 1. The number of amides is 2. The number of carbonyl (C=O) groups excluding carboxylic acids is 2. The molecule has 0 radical (unpaired) electrons. The van der Waals surface area contributed by atoms with Crippen LogP contribution in [0.5, 0.6) is 0 Å². The van der Waals surface area contributed by atoms with Gasteiger partial charge in [-0.2, -0.15) is 5.26 Å². The van der Waals surface area contributed by atoms with E-state index in [1.807, 2.05) is 6.07 Å². The fourth-order valence-electron chi connectivity index (χ4n) is 1.02. The number of thiol groups is 2. The molecule has 0 aromatic carbocycles. The first kappa shape index (κ1) is 16.4. The zero-order chi connectivity index (χ0) is 14.0. The van der Waals surface area contributed by atoms with Crippen molar-refractivity contribution in [1.82, 2.24) is 4.90 Å². The van der Waals surface area contributed by atoms with Crippen molar-refractivity contribution < 1.29 is 14.0 Å². The minimum absolute atomic E-state index is 0.299. The lowest BCUT2D eigenvalue weighted by Gasteiger charge is -2.16. The van der Waals surface area contributed by atoms with E-state index in [1.165, 1.54) is 4.90 Å². The molecule has 1 aromatic rings. The van der Waals surface area contributed by atoms with Crippen LogP contribution in [-0.2, 0) is 6.54 Å². The van der Waals surface area contributed by atoms with Crippen molar-refractivity contribution in [3.05, 3.63) is 24.2 Å². The van der Waals surface area contributed by atoms with E-state index in [-0.39, 0.29) is 5.24 Å². The van der Waals surface area contributed by atoms with E-state index in [0.717, 1.165) is 0 Å². The number of hydrogen-bond donors (Lipinski definition) is 3. The lowest BCUT2D eigenvalue weighted by Crippen LogP contribution is -2.26. The second-order valence-electron chi connectivity index (χ2n) is 3.03. The van der Waals surface area contributed by atoms with Gasteiger partial charge in [-0.3, -0.25) is 9.59 Å². The lowest BCUT2D eigenvalue weighted by molar-refractivity contribution is 0.217. The van der Waals surface area contributed by atoms with Crippen LogP contribution >= 0.6 is 25.3 Å². The van der Waals surface area contributed by atoms with Crippen molar-refractivity contribution in [1.29, 1.82) is 5.26 Å². The molecule has 0 aliphatic heterocycles. The third-order valence-corrected chi connectivity index (χ3v) is 1.97. The quantitative estimate of drug-likeness (QED) is 0.738. The van der Waals surface area contributed by atoms with Crippen molar-refractivity contribution in [3.63, 3.8) is 0 Å². The summed E-state index contributed by atoms with van der Waals surface area (Å²) >= 11 is 6.82. The van der Waals surface area contributed by atoms with Gasteiger partial charge < -0.3 is 15.1 Å². The van der Waals surface area contributed by atoms with Crippen LogP contribution in [-0.4, -0.2) is 21.9 Å². The highest BCUT2D eigenvalue weighted by Gasteiger charge is 2.10. The standard InChI is InChI=1S/C9H10N2O2S.CH3NOS/c10-4-2-5-11(9(12)14)7-8-3-1-6-13-8;2-1(3)4/h1,3,6H,2,5,7H2,(H,12,14);(H3,2,3,4). The first-order valence-corrected chi connectivity index (χ1v) is 5.72. The first-order chi connectivity index (χ1) is 8.47. The molecular weight excluding hydrogens is 274 g/mol. The van der Waals surface area contributed by atoms with E-state index in [9.17, 15) is 4.79 Å². The lowest BCUT2D eigenvalue weighted by atomic mass is 10.4. The Morgan fingerprint density at radius 3 is 2.50 bits per heavy atom. The number of primary amides is 1. The molecule has 1 aromatic heterocycles. The molecule has 2 amide bonds. The number of hydrogen-bond acceptors (Lipinski definition) is 4.